The fourth-order valence-electron chi connectivity index (χ4n) is 2.76. The van der Waals surface area contributed by atoms with Gasteiger partial charge in [0, 0.05) is 17.8 Å². The lowest BCUT2D eigenvalue weighted by Crippen LogP contribution is -2.28. The molecule has 1 aliphatic heterocycles. The second-order valence-corrected chi connectivity index (χ2v) is 7.03. The highest BCUT2D eigenvalue weighted by molar-refractivity contribution is 8.15. The van der Waals surface area contributed by atoms with Crippen LogP contribution in [-0.4, -0.2) is 32.4 Å². The Bertz CT molecular complexity index is 715. The van der Waals surface area contributed by atoms with Crippen LogP contribution in [0.4, 0.5) is 5.69 Å². The minimum absolute atomic E-state index is 0.0166. The molecule has 8 heteroatoms. The van der Waals surface area contributed by atoms with Crippen LogP contribution in [0, 0.1) is 16.0 Å². The van der Waals surface area contributed by atoms with Gasteiger partial charge in [-0.2, -0.15) is 5.10 Å². The summed E-state index contributed by atoms with van der Waals surface area (Å²) in [5, 5.41) is 19.9. The first kappa shape index (κ1) is 16.6. The van der Waals surface area contributed by atoms with Crippen LogP contribution in [0.15, 0.2) is 34.5 Å². The van der Waals surface area contributed by atoms with E-state index in [2.05, 4.69) is 17.1 Å². The van der Waals surface area contributed by atoms with Gasteiger partial charge in [-0.1, -0.05) is 30.8 Å². The second kappa shape index (κ2) is 7.12. The third kappa shape index (κ3) is 3.81. The van der Waals surface area contributed by atoms with Gasteiger partial charge in [0.05, 0.1) is 17.2 Å². The number of carbonyl (C=O) groups excluding carboxylic acids is 1. The van der Waals surface area contributed by atoms with Crippen LogP contribution in [0.5, 0.6) is 0 Å². The fraction of sp³-hybridized carbons (Fsp3) is 0.438. The van der Waals surface area contributed by atoms with Crippen LogP contribution >= 0.6 is 11.8 Å². The fourth-order valence-corrected chi connectivity index (χ4v) is 3.59. The lowest BCUT2D eigenvalue weighted by molar-refractivity contribution is -0.384. The van der Waals surface area contributed by atoms with E-state index in [1.165, 1.54) is 23.9 Å². The number of carbonyl (C=O) groups is 1. The molecule has 1 aliphatic carbocycles. The molecule has 1 aromatic carbocycles. The molecule has 3 rings (SSSR count). The molecule has 1 amide bonds. The molecule has 0 spiro atoms. The van der Waals surface area contributed by atoms with E-state index in [0.29, 0.717) is 23.4 Å². The Morgan fingerprint density at radius 3 is 2.71 bits per heavy atom. The SMILES string of the molecule is CC1CC/C(=N\N=C2/SCC(=O)N2Cc2ccc([N+](=O)[O-])cc2)C1. The largest absolute Gasteiger partial charge is 0.285 e. The zero-order valence-electron chi connectivity index (χ0n) is 13.3. The zero-order valence-corrected chi connectivity index (χ0v) is 14.2. The van der Waals surface area contributed by atoms with Crippen LogP contribution in [0.1, 0.15) is 31.7 Å². The molecule has 0 bridgehead atoms. The van der Waals surface area contributed by atoms with Gasteiger partial charge in [0.15, 0.2) is 5.17 Å². The van der Waals surface area contributed by atoms with E-state index < -0.39 is 4.92 Å². The van der Waals surface area contributed by atoms with E-state index in [9.17, 15) is 14.9 Å². The van der Waals surface area contributed by atoms with Gasteiger partial charge < -0.3 is 0 Å². The number of benzene rings is 1. The van der Waals surface area contributed by atoms with Crippen molar-refractivity contribution in [2.45, 2.75) is 32.7 Å². The van der Waals surface area contributed by atoms with Crippen molar-refractivity contribution in [3.05, 3.63) is 39.9 Å². The van der Waals surface area contributed by atoms with Gasteiger partial charge in [0.2, 0.25) is 5.91 Å². The minimum atomic E-state index is -0.438. The number of non-ortho nitro benzene ring substituents is 1. The highest BCUT2D eigenvalue weighted by Crippen LogP contribution is 2.25. The van der Waals surface area contributed by atoms with E-state index in [0.717, 1.165) is 30.5 Å². The molecule has 0 N–H and O–H groups in total. The zero-order chi connectivity index (χ0) is 17.1. The summed E-state index contributed by atoms with van der Waals surface area (Å²) in [7, 11) is 0. The molecule has 1 heterocycles. The average Bonchev–Trinajstić information content (AvgIpc) is 3.13. The number of nitrogens with zero attached hydrogens (tertiary/aromatic N) is 4. The number of nitro benzene ring substituents is 1. The van der Waals surface area contributed by atoms with Gasteiger partial charge in [0.1, 0.15) is 0 Å². The topological polar surface area (TPSA) is 88.2 Å². The molecule has 24 heavy (non-hydrogen) atoms. The Kier molecular flexibility index (Phi) is 4.94. The summed E-state index contributed by atoms with van der Waals surface area (Å²) in [6.45, 7) is 2.55. The van der Waals surface area contributed by atoms with Gasteiger partial charge in [0.25, 0.3) is 5.69 Å². The van der Waals surface area contributed by atoms with E-state index >= 15 is 0 Å². The maximum atomic E-state index is 12.1. The van der Waals surface area contributed by atoms with Crippen molar-refractivity contribution in [1.29, 1.82) is 0 Å². The van der Waals surface area contributed by atoms with Gasteiger partial charge >= 0.3 is 0 Å². The summed E-state index contributed by atoms with van der Waals surface area (Å²) in [6, 6.07) is 6.22. The third-order valence-corrected chi connectivity index (χ3v) is 5.08. The summed E-state index contributed by atoms with van der Waals surface area (Å²) < 4.78 is 0. The van der Waals surface area contributed by atoms with Crippen molar-refractivity contribution >= 4 is 34.2 Å². The number of amides is 1. The molecular weight excluding hydrogens is 328 g/mol. The van der Waals surface area contributed by atoms with Crippen LogP contribution in [-0.2, 0) is 11.3 Å². The van der Waals surface area contributed by atoms with Crippen LogP contribution < -0.4 is 0 Å². The van der Waals surface area contributed by atoms with Crippen molar-refractivity contribution in [3.63, 3.8) is 0 Å². The van der Waals surface area contributed by atoms with Gasteiger partial charge in [-0.15, -0.1) is 5.10 Å². The van der Waals surface area contributed by atoms with Crippen LogP contribution in [0.25, 0.3) is 0 Å². The van der Waals surface area contributed by atoms with Crippen molar-refractivity contribution in [2.24, 2.45) is 16.1 Å². The molecule has 2 aliphatic rings. The Balaban J connectivity index is 1.72. The number of amidine groups is 1. The molecule has 2 fully saturated rings. The molecule has 1 saturated heterocycles. The third-order valence-electron chi connectivity index (χ3n) is 4.13. The Hall–Kier alpha value is -2.22. The van der Waals surface area contributed by atoms with Crippen molar-refractivity contribution < 1.29 is 9.72 Å². The average molecular weight is 346 g/mol. The van der Waals surface area contributed by atoms with Gasteiger partial charge in [-0.3, -0.25) is 19.8 Å². The molecule has 1 unspecified atom stereocenters. The van der Waals surface area contributed by atoms with E-state index in [4.69, 9.17) is 0 Å². The first-order valence-electron chi connectivity index (χ1n) is 7.83. The van der Waals surface area contributed by atoms with E-state index in [1.807, 2.05) is 0 Å². The molecule has 7 nitrogen and oxygen atoms in total. The monoisotopic (exact) mass is 346 g/mol. The summed E-state index contributed by atoms with van der Waals surface area (Å²) in [6.07, 6.45) is 3.08. The molecule has 0 aromatic heterocycles. The number of thioether (sulfide) groups is 1. The molecular formula is C16H18N4O3S. The first-order valence-corrected chi connectivity index (χ1v) is 8.81. The Labute approximate surface area is 144 Å². The number of nitro groups is 1. The first-order chi connectivity index (χ1) is 11.5. The Morgan fingerprint density at radius 2 is 2.08 bits per heavy atom. The van der Waals surface area contributed by atoms with Crippen molar-refractivity contribution in [1.82, 2.24) is 4.90 Å². The summed E-state index contributed by atoms with van der Waals surface area (Å²) in [5.41, 5.74) is 1.95. The smallest absolute Gasteiger partial charge is 0.269 e. The highest BCUT2D eigenvalue weighted by atomic mass is 32.2. The van der Waals surface area contributed by atoms with E-state index in [1.54, 1.807) is 17.0 Å². The van der Waals surface area contributed by atoms with Crippen LogP contribution in [0.2, 0.25) is 0 Å². The normalized spacial score (nSPS) is 24.3. The maximum absolute atomic E-state index is 12.1. The summed E-state index contributed by atoms with van der Waals surface area (Å²) in [4.78, 5) is 23.9. The number of hydrogen-bond acceptors (Lipinski definition) is 6. The second-order valence-electron chi connectivity index (χ2n) is 6.09. The van der Waals surface area contributed by atoms with Crippen molar-refractivity contribution in [2.75, 3.05) is 5.75 Å². The Morgan fingerprint density at radius 1 is 1.33 bits per heavy atom. The highest BCUT2D eigenvalue weighted by Gasteiger charge is 2.28. The molecule has 1 aromatic rings. The lowest BCUT2D eigenvalue weighted by atomic mass is 10.1. The summed E-state index contributed by atoms with van der Waals surface area (Å²) >= 11 is 1.38. The number of hydrogen-bond donors (Lipinski definition) is 0. The van der Waals surface area contributed by atoms with E-state index in [-0.39, 0.29) is 11.6 Å². The molecule has 1 atom stereocenters. The van der Waals surface area contributed by atoms with Gasteiger partial charge in [-0.05, 0) is 30.7 Å². The molecule has 0 radical (unpaired) electrons. The number of rotatable bonds is 4. The predicted octanol–water partition coefficient (Wildman–Crippen LogP) is 3.20. The summed E-state index contributed by atoms with van der Waals surface area (Å²) in [5.74, 6) is 0.989. The van der Waals surface area contributed by atoms with Crippen LogP contribution in [0.3, 0.4) is 0 Å². The lowest BCUT2D eigenvalue weighted by Gasteiger charge is -2.15. The quantitative estimate of drug-likeness (QED) is 0.618. The van der Waals surface area contributed by atoms with Gasteiger partial charge in [-0.25, -0.2) is 0 Å². The maximum Gasteiger partial charge on any atom is 0.269 e. The predicted molar refractivity (Wildman–Crippen MR) is 94.0 cm³/mol. The minimum Gasteiger partial charge on any atom is -0.285 e. The molecule has 126 valence electrons. The van der Waals surface area contributed by atoms with Crippen molar-refractivity contribution in [3.8, 4) is 0 Å². The standard InChI is InChI=1S/C16H18N4O3S/c1-11-2-5-13(8-11)17-18-16-19(15(21)10-24-16)9-12-3-6-14(7-4-12)20(22)23/h3-4,6-7,11H,2,5,8-10H2,1H3/b17-13+,18-16-. The molecule has 1 saturated carbocycles.